The van der Waals surface area contributed by atoms with Gasteiger partial charge in [-0.05, 0) is 25.2 Å². The van der Waals surface area contributed by atoms with E-state index in [0.29, 0.717) is 17.5 Å². The molecule has 0 radical (unpaired) electrons. The van der Waals surface area contributed by atoms with E-state index in [9.17, 15) is 14.7 Å². The van der Waals surface area contributed by atoms with Gasteiger partial charge >= 0.3 is 11.7 Å². The number of carboxylic acid groups (broad SMARTS) is 1. The zero-order chi connectivity index (χ0) is 14.0. The molecule has 0 aliphatic heterocycles. The van der Waals surface area contributed by atoms with E-state index >= 15 is 0 Å². The molecule has 3 atom stereocenters. The number of hydrogen-bond acceptors (Lipinski definition) is 4. The molecule has 1 saturated carbocycles. The standard InChI is InChI=1S/C12H19N3O3S/c1-3-7-4-5-8(10(16)17)9(6-7)19-12-14-13-11(18)15(12)2/h7-9H,3-6H2,1-2H3,(H,13,18)(H,16,17). The Morgan fingerprint density at radius 1 is 1.58 bits per heavy atom. The van der Waals surface area contributed by atoms with E-state index in [0.717, 1.165) is 19.3 Å². The molecule has 3 unspecified atom stereocenters. The average molecular weight is 285 g/mol. The normalized spacial score (nSPS) is 27.4. The first-order valence-electron chi connectivity index (χ1n) is 6.53. The Kier molecular flexibility index (Phi) is 4.34. The molecule has 19 heavy (non-hydrogen) atoms. The van der Waals surface area contributed by atoms with Crippen LogP contribution < -0.4 is 5.69 Å². The zero-order valence-electron chi connectivity index (χ0n) is 11.1. The number of aromatic amines is 1. The molecule has 1 fully saturated rings. The minimum Gasteiger partial charge on any atom is -0.481 e. The highest BCUT2D eigenvalue weighted by Crippen LogP contribution is 2.40. The number of aromatic nitrogens is 3. The Bertz CT molecular complexity index is 511. The first-order valence-corrected chi connectivity index (χ1v) is 7.41. The van der Waals surface area contributed by atoms with E-state index in [2.05, 4.69) is 17.1 Å². The van der Waals surface area contributed by atoms with Gasteiger partial charge in [-0.15, -0.1) is 5.10 Å². The second-order valence-corrected chi connectivity index (χ2v) is 6.27. The maximum atomic E-state index is 11.3. The van der Waals surface area contributed by atoms with Gasteiger partial charge in [0.1, 0.15) is 0 Å². The summed E-state index contributed by atoms with van der Waals surface area (Å²) in [5.74, 6) is -0.517. The van der Waals surface area contributed by atoms with Gasteiger partial charge in [-0.1, -0.05) is 25.1 Å². The monoisotopic (exact) mass is 285 g/mol. The Labute approximate surface area is 115 Å². The minimum atomic E-state index is -0.743. The second kappa shape index (κ2) is 5.81. The lowest BCUT2D eigenvalue weighted by Gasteiger charge is -2.32. The van der Waals surface area contributed by atoms with Crippen molar-refractivity contribution in [3.63, 3.8) is 0 Å². The van der Waals surface area contributed by atoms with Crippen molar-refractivity contribution in [3.05, 3.63) is 10.5 Å². The van der Waals surface area contributed by atoms with Crippen LogP contribution in [0.25, 0.3) is 0 Å². The number of carboxylic acids is 1. The Morgan fingerprint density at radius 3 is 2.84 bits per heavy atom. The number of nitrogens with zero attached hydrogens (tertiary/aromatic N) is 2. The molecular weight excluding hydrogens is 266 g/mol. The van der Waals surface area contributed by atoms with Crippen molar-refractivity contribution >= 4 is 17.7 Å². The summed E-state index contributed by atoms with van der Waals surface area (Å²) >= 11 is 1.41. The lowest BCUT2D eigenvalue weighted by molar-refractivity contribution is -0.142. The number of H-pyrrole nitrogens is 1. The van der Waals surface area contributed by atoms with Crippen LogP contribution in [-0.2, 0) is 11.8 Å². The first-order chi connectivity index (χ1) is 9.02. The van der Waals surface area contributed by atoms with E-state index < -0.39 is 5.97 Å². The third-order valence-corrected chi connectivity index (χ3v) is 5.29. The molecule has 1 heterocycles. The quantitative estimate of drug-likeness (QED) is 0.875. The zero-order valence-corrected chi connectivity index (χ0v) is 11.9. The van der Waals surface area contributed by atoms with Gasteiger partial charge in [0.2, 0.25) is 0 Å². The number of carbonyl (C=O) groups is 1. The first kappa shape index (κ1) is 14.2. The lowest BCUT2D eigenvalue weighted by Crippen LogP contribution is -2.33. The van der Waals surface area contributed by atoms with E-state index in [1.54, 1.807) is 7.05 Å². The summed E-state index contributed by atoms with van der Waals surface area (Å²) in [6.45, 7) is 2.14. The molecule has 106 valence electrons. The smallest absolute Gasteiger partial charge is 0.343 e. The van der Waals surface area contributed by atoms with Crippen molar-refractivity contribution in [1.82, 2.24) is 14.8 Å². The highest BCUT2D eigenvalue weighted by molar-refractivity contribution is 7.99. The average Bonchev–Trinajstić information content (AvgIpc) is 2.70. The van der Waals surface area contributed by atoms with Crippen molar-refractivity contribution in [1.29, 1.82) is 0 Å². The van der Waals surface area contributed by atoms with Gasteiger partial charge in [0.05, 0.1) is 5.92 Å². The fourth-order valence-electron chi connectivity index (χ4n) is 2.57. The summed E-state index contributed by atoms with van der Waals surface area (Å²) in [7, 11) is 1.64. The van der Waals surface area contributed by atoms with Gasteiger partial charge in [0.15, 0.2) is 5.16 Å². The minimum absolute atomic E-state index is 0.00917. The van der Waals surface area contributed by atoms with Gasteiger partial charge < -0.3 is 5.11 Å². The van der Waals surface area contributed by atoms with Crippen LogP contribution >= 0.6 is 11.8 Å². The topological polar surface area (TPSA) is 88.0 Å². The van der Waals surface area contributed by atoms with Crippen LogP contribution in [-0.4, -0.2) is 31.1 Å². The van der Waals surface area contributed by atoms with Gasteiger partial charge in [0, 0.05) is 12.3 Å². The molecule has 0 aromatic carbocycles. The lowest BCUT2D eigenvalue weighted by atomic mass is 9.80. The molecule has 6 nitrogen and oxygen atoms in total. The fraction of sp³-hybridized carbons (Fsp3) is 0.750. The van der Waals surface area contributed by atoms with E-state index in [-0.39, 0.29) is 16.9 Å². The van der Waals surface area contributed by atoms with Gasteiger partial charge in [-0.3, -0.25) is 9.36 Å². The predicted octanol–water partition coefficient (Wildman–Crippen LogP) is 1.48. The molecule has 0 spiro atoms. The summed E-state index contributed by atoms with van der Waals surface area (Å²) < 4.78 is 1.43. The fourth-order valence-corrected chi connectivity index (χ4v) is 3.96. The van der Waals surface area contributed by atoms with Crippen molar-refractivity contribution in [2.75, 3.05) is 0 Å². The van der Waals surface area contributed by atoms with Crippen LogP contribution in [0.4, 0.5) is 0 Å². The molecule has 0 saturated heterocycles. The van der Waals surface area contributed by atoms with E-state index in [4.69, 9.17) is 0 Å². The number of rotatable bonds is 4. The van der Waals surface area contributed by atoms with Crippen molar-refractivity contribution in [2.24, 2.45) is 18.9 Å². The molecule has 2 N–H and O–H groups in total. The molecule has 7 heteroatoms. The van der Waals surface area contributed by atoms with Crippen LogP contribution in [0.15, 0.2) is 9.95 Å². The molecule has 1 aromatic heterocycles. The third kappa shape index (κ3) is 3.02. The third-order valence-electron chi connectivity index (χ3n) is 3.89. The molecule has 1 aliphatic rings. The summed E-state index contributed by atoms with van der Waals surface area (Å²) in [5.41, 5.74) is -0.266. The Morgan fingerprint density at radius 2 is 2.32 bits per heavy atom. The number of thioether (sulfide) groups is 1. The van der Waals surface area contributed by atoms with Crippen molar-refractivity contribution < 1.29 is 9.90 Å². The number of aliphatic carboxylic acids is 1. The van der Waals surface area contributed by atoms with Crippen LogP contribution in [0.2, 0.25) is 0 Å². The van der Waals surface area contributed by atoms with Gasteiger partial charge in [-0.2, -0.15) is 0 Å². The predicted molar refractivity (Wildman–Crippen MR) is 72.2 cm³/mol. The van der Waals surface area contributed by atoms with Crippen LogP contribution in [0.5, 0.6) is 0 Å². The summed E-state index contributed by atoms with van der Waals surface area (Å²) in [5, 5.41) is 16.2. The van der Waals surface area contributed by atoms with Gasteiger partial charge in [-0.25, -0.2) is 9.89 Å². The highest BCUT2D eigenvalue weighted by Gasteiger charge is 2.36. The van der Waals surface area contributed by atoms with E-state index in [1.165, 1.54) is 16.3 Å². The molecular formula is C12H19N3O3S. The largest absolute Gasteiger partial charge is 0.481 e. The molecule has 0 amide bonds. The molecule has 2 rings (SSSR count). The Balaban J connectivity index is 2.15. The van der Waals surface area contributed by atoms with Crippen molar-refractivity contribution in [2.45, 2.75) is 43.0 Å². The summed E-state index contributed by atoms with van der Waals surface area (Å²) in [4.78, 5) is 22.7. The molecule has 1 aromatic rings. The molecule has 1 aliphatic carbocycles. The number of hydrogen-bond donors (Lipinski definition) is 2. The molecule has 0 bridgehead atoms. The van der Waals surface area contributed by atoms with Crippen LogP contribution in [0.1, 0.15) is 32.6 Å². The van der Waals surface area contributed by atoms with Crippen LogP contribution in [0, 0.1) is 11.8 Å². The van der Waals surface area contributed by atoms with Crippen LogP contribution in [0.3, 0.4) is 0 Å². The van der Waals surface area contributed by atoms with Crippen molar-refractivity contribution in [3.8, 4) is 0 Å². The highest BCUT2D eigenvalue weighted by atomic mass is 32.2. The maximum absolute atomic E-state index is 11.3. The second-order valence-electron chi connectivity index (χ2n) is 5.06. The SMILES string of the molecule is CCC1CCC(C(=O)O)C(Sc2n[nH]c(=O)n2C)C1. The summed E-state index contributed by atoms with van der Waals surface area (Å²) in [6, 6.07) is 0. The number of nitrogens with one attached hydrogen (secondary N) is 1. The van der Waals surface area contributed by atoms with E-state index in [1.807, 2.05) is 0 Å². The summed E-state index contributed by atoms with van der Waals surface area (Å²) in [6.07, 6.45) is 3.63. The Hall–Kier alpha value is -1.24. The maximum Gasteiger partial charge on any atom is 0.343 e. The van der Waals surface area contributed by atoms with Gasteiger partial charge in [0.25, 0.3) is 0 Å².